The summed E-state index contributed by atoms with van der Waals surface area (Å²) in [6, 6.07) is 5.20. The molecule has 2 rings (SSSR count). The Morgan fingerprint density at radius 1 is 1.33 bits per heavy atom. The molecule has 0 saturated carbocycles. The summed E-state index contributed by atoms with van der Waals surface area (Å²) in [6.45, 7) is 0. The van der Waals surface area contributed by atoms with Gasteiger partial charge in [0.15, 0.2) is 5.78 Å². The van der Waals surface area contributed by atoms with Crippen LogP contribution in [-0.2, 0) is 0 Å². The topological polar surface area (TPSA) is 65.2 Å². The molecule has 0 bridgehead atoms. The van der Waals surface area contributed by atoms with E-state index in [1.807, 2.05) is 0 Å². The molecule has 0 radical (unpaired) electrons. The molecule has 92 valence electrons. The summed E-state index contributed by atoms with van der Waals surface area (Å²) in [5.41, 5.74) is 6.30. The smallest absolute Gasteiger partial charge is 0.196 e. The zero-order chi connectivity index (χ0) is 13.1. The summed E-state index contributed by atoms with van der Waals surface area (Å²) in [5, 5.41) is 0. The minimum Gasteiger partial charge on any atom is -0.495 e. The quantitative estimate of drug-likeness (QED) is 0.664. The number of carbonyl (C=O) groups is 1. The van der Waals surface area contributed by atoms with Crippen LogP contribution < -0.4 is 10.5 Å². The molecule has 18 heavy (non-hydrogen) atoms. The van der Waals surface area contributed by atoms with Gasteiger partial charge in [-0.15, -0.1) is 0 Å². The number of ether oxygens (including phenoxy) is 1. The van der Waals surface area contributed by atoms with Crippen LogP contribution in [0, 0.1) is 5.82 Å². The highest BCUT2D eigenvalue weighted by Gasteiger charge is 2.14. The molecule has 0 spiro atoms. The second-order valence-corrected chi connectivity index (χ2v) is 3.67. The van der Waals surface area contributed by atoms with E-state index in [1.165, 1.54) is 37.7 Å². The Kier molecular flexibility index (Phi) is 3.23. The van der Waals surface area contributed by atoms with E-state index in [2.05, 4.69) is 4.98 Å². The third kappa shape index (κ3) is 2.29. The summed E-state index contributed by atoms with van der Waals surface area (Å²) >= 11 is 0. The second kappa shape index (κ2) is 4.83. The van der Waals surface area contributed by atoms with Crippen LogP contribution in [0.15, 0.2) is 36.7 Å². The van der Waals surface area contributed by atoms with Crippen LogP contribution in [-0.4, -0.2) is 17.9 Å². The van der Waals surface area contributed by atoms with Crippen molar-refractivity contribution >= 4 is 11.5 Å². The minimum absolute atomic E-state index is 0.116. The molecule has 0 amide bonds. The normalized spacial score (nSPS) is 10.1. The van der Waals surface area contributed by atoms with Crippen LogP contribution in [0.5, 0.6) is 5.75 Å². The molecule has 5 heteroatoms. The van der Waals surface area contributed by atoms with Crippen molar-refractivity contribution in [1.29, 1.82) is 0 Å². The van der Waals surface area contributed by atoms with Gasteiger partial charge in [-0.1, -0.05) is 0 Å². The van der Waals surface area contributed by atoms with Crippen molar-refractivity contribution in [3.63, 3.8) is 0 Å². The number of methoxy groups -OCH3 is 1. The lowest BCUT2D eigenvalue weighted by Gasteiger charge is -2.06. The number of benzene rings is 1. The maximum atomic E-state index is 13.1. The van der Waals surface area contributed by atoms with Crippen molar-refractivity contribution in [2.24, 2.45) is 0 Å². The van der Waals surface area contributed by atoms with Gasteiger partial charge in [-0.05, 0) is 24.3 Å². The number of carbonyl (C=O) groups excluding carboxylic acids is 1. The van der Waals surface area contributed by atoms with Gasteiger partial charge in [0.1, 0.15) is 11.6 Å². The van der Waals surface area contributed by atoms with Gasteiger partial charge in [0.2, 0.25) is 0 Å². The molecule has 4 nitrogen and oxygen atoms in total. The van der Waals surface area contributed by atoms with E-state index < -0.39 is 11.6 Å². The number of ketones is 1. The predicted molar refractivity (Wildman–Crippen MR) is 65.0 cm³/mol. The lowest BCUT2D eigenvalue weighted by molar-refractivity contribution is 0.103. The molecule has 2 aromatic rings. The SMILES string of the molecule is COc1cncc(C(=O)c2cc(F)ccc2N)c1. The highest BCUT2D eigenvalue weighted by atomic mass is 19.1. The summed E-state index contributed by atoms with van der Waals surface area (Å²) in [7, 11) is 1.47. The molecular formula is C13H11FN2O2. The molecule has 1 heterocycles. The summed E-state index contributed by atoms with van der Waals surface area (Å²) in [6.07, 6.45) is 2.86. The number of anilines is 1. The van der Waals surface area contributed by atoms with Crippen molar-refractivity contribution in [2.45, 2.75) is 0 Å². The first-order valence-corrected chi connectivity index (χ1v) is 5.20. The standard InChI is InChI=1S/C13H11FN2O2/c1-18-10-4-8(6-16-7-10)13(17)11-5-9(14)2-3-12(11)15/h2-7H,15H2,1H3. The Morgan fingerprint density at radius 2 is 2.11 bits per heavy atom. The monoisotopic (exact) mass is 246 g/mol. The Labute approximate surface area is 103 Å². The van der Waals surface area contributed by atoms with Gasteiger partial charge >= 0.3 is 0 Å². The molecule has 0 aliphatic heterocycles. The number of nitrogens with zero attached hydrogens (tertiary/aromatic N) is 1. The number of pyridine rings is 1. The Morgan fingerprint density at radius 3 is 2.83 bits per heavy atom. The number of hydrogen-bond acceptors (Lipinski definition) is 4. The van der Waals surface area contributed by atoms with Crippen LogP contribution in [0.3, 0.4) is 0 Å². The van der Waals surface area contributed by atoms with E-state index in [0.717, 1.165) is 6.07 Å². The van der Waals surface area contributed by atoms with Crippen LogP contribution in [0.1, 0.15) is 15.9 Å². The third-order valence-corrected chi connectivity index (χ3v) is 2.47. The predicted octanol–water partition coefficient (Wildman–Crippen LogP) is 2.04. The van der Waals surface area contributed by atoms with E-state index in [0.29, 0.717) is 11.3 Å². The first-order valence-electron chi connectivity index (χ1n) is 5.20. The second-order valence-electron chi connectivity index (χ2n) is 3.67. The van der Waals surface area contributed by atoms with Crippen LogP contribution in [0.2, 0.25) is 0 Å². The molecule has 0 aliphatic rings. The van der Waals surface area contributed by atoms with E-state index in [4.69, 9.17) is 10.5 Å². The van der Waals surface area contributed by atoms with Crippen LogP contribution >= 0.6 is 0 Å². The number of rotatable bonds is 3. The number of nitrogens with two attached hydrogens (primary N) is 1. The van der Waals surface area contributed by atoms with Crippen LogP contribution in [0.25, 0.3) is 0 Å². The number of hydrogen-bond donors (Lipinski definition) is 1. The lowest BCUT2D eigenvalue weighted by atomic mass is 10.0. The molecule has 0 unspecified atom stereocenters. The van der Waals surface area contributed by atoms with Gasteiger partial charge in [-0.25, -0.2) is 4.39 Å². The van der Waals surface area contributed by atoms with Crippen molar-refractivity contribution < 1.29 is 13.9 Å². The maximum Gasteiger partial charge on any atom is 0.196 e. The number of nitrogen functional groups attached to an aromatic ring is 1. The van der Waals surface area contributed by atoms with Crippen molar-refractivity contribution in [3.8, 4) is 5.75 Å². The Hall–Kier alpha value is -2.43. The molecule has 0 atom stereocenters. The summed E-state index contributed by atoms with van der Waals surface area (Å²) in [4.78, 5) is 16.0. The zero-order valence-electron chi connectivity index (χ0n) is 9.68. The van der Waals surface area contributed by atoms with Crippen LogP contribution in [0.4, 0.5) is 10.1 Å². The summed E-state index contributed by atoms with van der Waals surface area (Å²) in [5.74, 6) is -0.447. The molecule has 0 saturated heterocycles. The summed E-state index contributed by atoms with van der Waals surface area (Å²) < 4.78 is 18.1. The van der Waals surface area contributed by atoms with Gasteiger partial charge in [-0.3, -0.25) is 9.78 Å². The Balaban J connectivity index is 2.44. The maximum absolute atomic E-state index is 13.1. The van der Waals surface area contributed by atoms with E-state index in [-0.39, 0.29) is 11.3 Å². The molecule has 1 aromatic carbocycles. The molecule has 0 aliphatic carbocycles. The zero-order valence-corrected chi connectivity index (χ0v) is 9.68. The number of halogens is 1. The van der Waals surface area contributed by atoms with Crippen molar-refractivity contribution in [3.05, 3.63) is 53.6 Å². The average Bonchev–Trinajstić information content (AvgIpc) is 2.41. The minimum atomic E-state index is -0.511. The lowest BCUT2D eigenvalue weighted by Crippen LogP contribution is -2.06. The molecule has 0 fully saturated rings. The Bertz CT molecular complexity index is 599. The highest BCUT2D eigenvalue weighted by Crippen LogP contribution is 2.19. The van der Waals surface area contributed by atoms with Gasteiger partial charge in [0.05, 0.1) is 13.3 Å². The third-order valence-electron chi connectivity index (χ3n) is 2.47. The van der Waals surface area contributed by atoms with E-state index in [1.54, 1.807) is 0 Å². The van der Waals surface area contributed by atoms with Gasteiger partial charge in [-0.2, -0.15) is 0 Å². The van der Waals surface area contributed by atoms with Gasteiger partial charge in [0, 0.05) is 23.0 Å². The fourth-order valence-electron chi connectivity index (χ4n) is 1.54. The van der Waals surface area contributed by atoms with Crippen molar-refractivity contribution in [2.75, 3.05) is 12.8 Å². The van der Waals surface area contributed by atoms with Gasteiger partial charge in [0.25, 0.3) is 0 Å². The first kappa shape index (κ1) is 12.0. The van der Waals surface area contributed by atoms with E-state index in [9.17, 15) is 9.18 Å². The first-order chi connectivity index (χ1) is 8.61. The molecular weight excluding hydrogens is 235 g/mol. The fraction of sp³-hybridized carbons (Fsp3) is 0.0769. The largest absolute Gasteiger partial charge is 0.495 e. The molecule has 2 N–H and O–H groups in total. The van der Waals surface area contributed by atoms with Crippen molar-refractivity contribution in [1.82, 2.24) is 4.98 Å². The average molecular weight is 246 g/mol. The fourth-order valence-corrected chi connectivity index (χ4v) is 1.54. The van der Waals surface area contributed by atoms with Gasteiger partial charge < -0.3 is 10.5 Å². The molecule has 1 aromatic heterocycles. The highest BCUT2D eigenvalue weighted by molar-refractivity contribution is 6.12. The van der Waals surface area contributed by atoms with E-state index >= 15 is 0 Å². The number of aromatic nitrogens is 1.